The molecule has 2 N–H and O–H groups in total. The van der Waals surface area contributed by atoms with E-state index in [0.29, 0.717) is 34.5 Å². The van der Waals surface area contributed by atoms with Crippen LogP contribution < -0.4 is 0 Å². The summed E-state index contributed by atoms with van der Waals surface area (Å²) in [5.74, 6) is -0.219. The molecule has 2 saturated heterocycles. The van der Waals surface area contributed by atoms with Gasteiger partial charge in [0.15, 0.2) is 0 Å². The Kier molecular flexibility index (Phi) is 7.34. The quantitative estimate of drug-likeness (QED) is 0.307. The fraction of sp³-hybridized carbons (Fsp3) is 0.949. The molecule has 7 aliphatic rings. The molecule has 6 heteroatoms. The van der Waals surface area contributed by atoms with E-state index in [-0.39, 0.29) is 52.0 Å². The van der Waals surface area contributed by atoms with Gasteiger partial charge in [0.25, 0.3) is 0 Å². The summed E-state index contributed by atoms with van der Waals surface area (Å²) in [5.41, 5.74) is 1.01. The number of rotatable bonds is 4. The Labute approximate surface area is 272 Å². The van der Waals surface area contributed by atoms with E-state index in [0.717, 1.165) is 38.5 Å². The molecular formula is C39H62O6. The van der Waals surface area contributed by atoms with E-state index in [4.69, 9.17) is 9.47 Å². The van der Waals surface area contributed by atoms with Crippen molar-refractivity contribution in [2.75, 3.05) is 0 Å². The topological polar surface area (TPSA) is 93.1 Å². The van der Waals surface area contributed by atoms with Crippen LogP contribution in [0.2, 0.25) is 0 Å². The van der Waals surface area contributed by atoms with Crippen molar-refractivity contribution in [1.29, 1.82) is 0 Å². The summed E-state index contributed by atoms with van der Waals surface area (Å²) in [6, 6.07) is 0. The minimum Gasteiger partial charge on any atom is -0.481 e. The highest BCUT2D eigenvalue weighted by molar-refractivity contribution is 5.83. The normalized spacial score (nSPS) is 55.4. The molecule has 2 heterocycles. The van der Waals surface area contributed by atoms with Gasteiger partial charge in [0.2, 0.25) is 0 Å². The zero-order valence-electron chi connectivity index (χ0n) is 29.5. The maximum absolute atomic E-state index is 13.7. The molecular weight excluding hydrogens is 564 g/mol. The van der Waals surface area contributed by atoms with Gasteiger partial charge in [-0.05, 0) is 141 Å². The number of esters is 1. The van der Waals surface area contributed by atoms with Gasteiger partial charge in [-0.1, -0.05) is 48.5 Å². The van der Waals surface area contributed by atoms with Crippen LogP contribution in [0.5, 0.6) is 0 Å². The number of aliphatic hydroxyl groups is 1. The molecule has 7 fully saturated rings. The van der Waals surface area contributed by atoms with Crippen LogP contribution in [0.25, 0.3) is 0 Å². The lowest BCUT2D eigenvalue weighted by Gasteiger charge is -2.73. The van der Waals surface area contributed by atoms with Gasteiger partial charge in [-0.25, -0.2) is 0 Å². The number of aliphatic hydroxyl groups excluding tert-OH is 1. The molecule has 14 unspecified atom stereocenters. The fourth-order valence-electron chi connectivity index (χ4n) is 14.3. The number of hydrogen-bond acceptors (Lipinski definition) is 5. The standard InChI is InChI=1S/C39H62O6/c1-22(40)36(5)18-17-35(4)19-20-38(7)23(24(35)21-36)9-12-28-37(6)15-14-29(34(2,3)27(37)13-16-39(28,38)8)45-33(43)31-26-11-10-25(44-26)30(31)32(41)42/h22-31,40H,9-21H2,1-8H3,(H,41,42)/t22-,23?,24?,25?,26?,27?,28?,29?,30?,31?,35?,36?,37?,38?,39?/m1/s1. The third kappa shape index (κ3) is 4.31. The van der Waals surface area contributed by atoms with Gasteiger partial charge in [-0.15, -0.1) is 0 Å². The zero-order chi connectivity index (χ0) is 32.5. The second kappa shape index (κ2) is 10.2. The first-order valence-corrected chi connectivity index (χ1v) is 18.7. The van der Waals surface area contributed by atoms with Crippen LogP contribution in [0, 0.1) is 68.0 Å². The maximum atomic E-state index is 13.7. The first kappa shape index (κ1) is 32.4. The molecule has 7 rings (SSSR count). The number of carbonyl (C=O) groups excluding carboxylic acids is 1. The lowest BCUT2D eigenvalue weighted by molar-refractivity contribution is -0.257. The first-order chi connectivity index (χ1) is 20.9. The SMILES string of the molecule is C[C@@H](O)C1(C)CCC2(C)CCC3(C)C(CCC4C5(C)CCC(OC(=O)C6C7CCC(O7)C6C(=O)O)C(C)(C)C5CCC43C)C2C1. The third-order valence-electron chi connectivity index (χ3n) is 17.5. The molecule has 5 aliphatic carbocycles. The van der Waals surface area contributed by atoms with E-state index in [2.05, 4.69) is 48.5 Å². The highest BCUT2D eigenvalue weighted by Gasteiger charge is 2.70. The number of carboxylic acid groups (broad SMARTS) is 1. The molecule has 254 valence electrons. The van der Waals surface area contributed by atoms with Crippen LogP contribution in [-0.4, -0.2) is 46.6 Å². The van der Waals surface area contributed by atoms with Crippen molar-refractivity contribution in [3.63, 3.8) is 0 Å². The van der Waals surface area contributed by atoms with Crippen LogP contribution in [0.4, 0.5) is 0 Å². The lowest BCUT2D eigenvalue weighted by Crippen LogP contribution is -2.67. The minimum atomic E-state index is -0.929. The summed E-state index contributed by atoms with van der Waals surface area (Å²) >= 11 is 0. The van der Waals surface area contributed by atoms with Crippen LogP contribution in [0.1, 0.15) is 139 Å². The number of aliphatic carboxylic acids is 1. The molecule has 0 radical (unpaired) electrons. The van der Waals surface area contributed by atoms with Crippen molar-refractivity contribution in [2.45, 2.75) is 163 Å². The Hall–Kier alpha value is -1.14. The Morgan fingerprint density at radius 1 is 0.733 bits per heavy atom. The summed E-state index contributed by atoms with van der Waals surface area (Å²) in [5, 5.41) is 20.8. The van der Waals surface area contributed by atoms with Gasteiger partial charge in [-0.2, -0.15) is 0 Å². The van der Waals surface area contributed by atoms with Crippen molar-refractivity contribution in [2.24, 2.45) is 68.0 Å². The van der Waals surface area contributed by atoms with E-state index in [1.807, 2.05) is 6.92 Å². The molecule has 2 aliphatic heterocycles. The molecule has 15 atom stereocenters. The van der Waals surface area contributed by atoms with Crippen LogP contribution >= 0.6 is 0 Å². The smallest absolute Gasteiger partial charge is 0.312 e. The van der Waals surface area contributed by atoms with Gasteiger partial charge >= 0.3 is 11.9 Å². The highest BCUT2D eigenvalue weighted by Crippen LogP contribution is 2.77. The van der Waals surface area contributed by atoms with Crippen LogP contribution in [0.15, 0.2) is 0 Å². The zero-order valence-corrected chi connectivity index (χ0v) is 29.5. The lowest BCUT2D eigenvalue weighted by atomic mass is 9.31. The maximum Gasteiger partial charge on any atom is 0.312 e. The molecule has 0 spiro atoms. The summed E-state index contributed by atoms with van der Waals surface area (Å²) in [7, 11) is 0. The van der Waals surface area contributed by atoms with E-state index in [1.54, 1.807) is 0 Å². The molecule has 5 saturated carbocycles. The largest absolute Gasteiger partial charge is 0.481 e. The number of ether oxygens (including phenoxy) is 2. The molecule has 2 bridgehead atoms. The monoisotopic (exact) mass is 626 g/mol. The number of hydrogen-bond donors (Lipinski definition) is 2. The van der Waals surface area contributed by atoms with Crippen molar-refractivity contribution in [3.05, 3.63) is 0 Å². The number of fused-ring (bicyclic) bond motifs is 9. The highest BCUT2D eigenvalue weighted by atomic mass is 16.6. The first-order valence-electron chi connectivity index (χ1n) is 18.7. The molecule has 0 aromatic rings. The predicted molar refractivity (Wildman–Crippen MR) is 173 cm³/mol. The van der Waals surface area contributed by atoms with E-state index < -0.39 is 17.8 Å². The van der Waals surface area contributed by atoms with Crippen LogP contribution in [-0.2, 0) is 19.1 Å². The fourth-order valence-corrected chi connectivity index (χ4v) is 14.3. The Balaban J connectivity index is 1.12. The molecule has 0 aromatic heterocycles. The Bertz CT molecular complexity index is 1230. The molecule has 0 aromatic carbocycles. The van der Waals surface area contributed by atoms with E-state index in [1.165, 1.54) is 44.9 Å². The van der Waals surface area contributed by atoms with E-state index >= 15 is 0 Å². The predicted octanol–water partition coefficient (Wildman–Crippen LogP) is 8.04. The van der Waals surface area contributed by atoms with Gasteiger partial charge in [0, 0.05) is 5.41 Å². The number of carboxylic acids is 1. The summed E-state index contributed by atoms with van der Waals surface area (Å²) in [6.07, 6.45) is 13.5. The molecule has 0 amide bonds. The molecule has 45 heavy (non-hydrogen) atoms. The van der Waals surface area contributed by atoms with Crippen molar-refractivity contribution < 1.29 is 29.3 Å². The van der Waals surface area contributed by atoms with Gasteiger partial charge in [-0.3, -0.25) is 9.59 Å². The van der Waals surface area contributed by atoms with Gasteiger partial charge < -0.3 is 19.7 Å². The van der Waals surface area contributed by atoms with E-state index in [9.17, 15) is 19.8 Å². The van der Waals surface area contributed by atoms with Gasteiger partial charge in [0.05, 0.1) is 30.1 Å². The average molecular weight is 627 g/mol. The third-order valence-corrected chi connectivity index (χ3v) is 17.5. The molecule has 6 nitrogen and oxygen atoms in total. The van der Waals surface area contributed by atoms with Crippen LogP contribution in [0.3, 0.4) is 0 Å². The Morgan fingerprint density at radius 3 is 2.07 bits per heavy atom. The van der Waals surface area contributed by atoms with Gasteiger partial charge in [0.1, 0.15) is 6.10 Å². The summed E-state index contributed by atoms with van der Waals surface area (Å²) in [4.78, 5) is 25.8. The second-order valence-corrected chi connectivity index (χ2v) is 19.4. The average Bonchev–Trinajstić information content (AvgIpc) is 3.58. The summed E-state index contributed by atoms with van der Waals surface area (Å²) < 4.78 is 12.3. The van der Waals surface area contributed by atoms with Crippen molar-refractivity contribution >= 4 is 11.9 Å². The second-order valence-electron chi connectivity index (χ2n) is 19.4. The summed E-state index contributed by atoms with van der Waals surface area (Å²) in [6.45, 7) is 19.6. The van der Waals surface area contributed by atoms with Crippen molar-refractivity contribution in [3.8, 4) is 0 Å². The minimum absolute atomic E-state index is 0.0261. The number of carbonyl (C=O) groups is 2. The Morgan fingerprint density at radius 2 is 1.40 bits per heavy atom. The van der Waals surface area contributed by atoms with Crippen molar-refractivity contribution in [1.82, 2.24) is 0 Å².